The highest BCUT2D eigenvalue weighted by molar-refractivity contribution is 9.10. The summed E-state index contributed by atoms with van der Waals surface area (Å²) in [6, 6.07) is 12.5. The van der Waals surface area contributed by atoms with E-state index in [1.54, 1.807) is 0 Å². The molecule has 0 amide bonds. The summed E-state index contributed by atoms with van der Waals surface area (Å²) in [6.07, 6.45) is 0.991. The lowest BCUT2D eigenvalue weighted by molar-refractivity contribution is 0.505. The maximum Gasteiger partial charge on any atom is 0.143 e. The fraction of sp³-hybridized carbons (Fsp3) is 0.250. The van der Waals surface area contributed by atoms with Gasteiger partial charge in [-0.3, -0.25) is 0 Å². The van der Waals surface area contributed by atoms with Gasteiger partial charge in [-0.25, -0.2) is 8.78 Å². The molecule has 0 saturated heterocycles. The van der Waals surface area contributed by atoms with Gasteiger partial charge in [-0.2, -0.15) is 0 Å². The first-order valence-corrected chi connectivity index (χ1v) is 7.66. The number of alkyl halides is 1. The molecule has 0 aliphatic rings. The maximum absolute atomic E-state index is 14.0. The van der Waals surface area contributed by atoms with Crippen molar-refractivity contribution in [2.24, 2.45) is 5.92 Å². The fourth-order valence-electron chi connectivity index (χ4n) is 2.17. The minimum Gasteiger partial charge on any atom is -0.207 e. The third-order valence-corrected chi connectivity index (χ3v) is 4.27. The van der Waals surface area contributed by atoms with Crippen molar-refractivity contribution >= 4 is 27.5 Å². The molecule has 0 N–H and O–H groups in total. The SMILES string of the molecule is Fc1ccc(Br)c(F)c1CC(CCl)Cc1ccccc1. The van der Waals surface area contributed by atoms with Crippen molar-refractivity contribution in [2.75, 3.05) is 5.88 Å². The molecule has 2 aromatic rings. The molecule has 20 heavy (non-hydrogen) atoms. The second-order valence-electron chi connectivity index (χ2n) is 4.74. The largest absolute Gasteiger partial charge is 0.207 e. The summed E-state index contributed by atoms with van der Waals surface area (Å²) in [5.74, 6) is -0.695. The van der Waals surface area contributed by atoms with Crippen LogP contribution >= 0.6 is 27.5 Å². The highest BCUT2D eigenvalue weighted by Crippen LogP contribution is 2.25. The van der Waals surface area contributed by atoms with Crippen molar-refractivity contribution in [1.82, 2.24) is 0 Å². The number of rotatable bonds is 5. The molecular formula is C16H14BrClF2. The van der Waals surface area contributed by atoms with Gasteiger partial charge in [-0.1, -0.05) is 30.3 Å². The van der Waals surface area contributed by atoms with Crippen LogP contribution in [0.1, 0.15) is 11.1 Å². The molecule has 106 valence electrons. The molecule has 0 radical (unpaired) electrons. The van der Waals surface area contributed by atoms with Crippen LogP contribution in [0.4, 0.5) is 8.78 Å². The van der Waals surface area contributed by atoms with Crippen molar-refractivity contribution in [3.05, 3.63) is 69.7 Å². The van der Waals surface area contributed by atoms with Gasteiger partial charge in [0.25, 0.3) is 0 Å². The molecule has 2 rings (SSSR count). The van der Waals surface area contributed by atoms with E-state index >= 15 is 0 Å². The van der Waals surface area contributed by atoms with Gasteiger partial charge in [0.15, 0.2) is 0 Å². The number of halogens is 4. The van der Waals surface area contributed by atoms with Crippen molar-refractivity contribution in [3.63, 3.8) is 0 Å². The lowest BCUT2D eigenvalue weighted by atomic mass is 9.93. The lowest BCUT2D eigenvalue weighted by Crippen LogP contribution is -2.12. The average Bonchev–Trinajstić information content (AvgIpc) is 2.47. The van der Waals surface area contributed by atoms with Gasteiger partial charge in [0, 0.05) is 11.4 Å². The summed E-state index contributed by atoms with van der Waals surface area (Å²) >= 11 is 9.04. The first kappa shape index (κ1) is 15.5. The molecule has 2 aromatic carbocycles. The summed E-state index contributed by atoms with van der Waals surface area (Å²) in [5, 5.41) is 0. The summed E-state index contributed by atoms with van der Waals surface area (Å²) in [5.41, 5.74) is 1.22. The number of hydrogen-bond donors (Lipinski definition) is 0. The predicted molar refractivity (Wildman–Crippen MR) is 82.1 cm³/mol. The zero-order chi connectivity index (χ0) is 14.5. The standard InChI is InChI=1S/C16H14BrClF2/c17-14-6-7-15(19)13(16(14)20)9-12(10-18)8-11-4-2-1-3-5-11/h1-7,12H,8-10H2. The summed E-state index contributed by atoms with van der Waals surface area (Å²) in [4.78, 5) is 0. The van der Waals surface area contributed by atoms with Crippen LogP contribution in [0.5, 0.6) is 0 Å². The van der Waals surface area contributed by atoms with Crippen LogP contribution in [0.3, 0.4) is 0 Å². The number of benzene rings is 2. The van der Waals surface area contributed by atoms with Gasteiger partial charge in [0.2, 0.25) is 0 Å². The highest BCUT2D eigenvalue weighted by atomic mass is 79.9. The Bertz CT molecular complexity index is 572. The van der Waals surface area contributed by atoms with Gasteiger partial charge in [-0.15, -0.1) is 11.6 Å². The van der Waals surface area contributed by atoms with Gasteiger partial charge in [0.1, 0.15) is 11.6 Å². The molecule has 0 aliphatic heterocycles. The minimum absolute atomic E-state index is 0.00244. The average molecular weight is 360 g/mol. The van der Waals surface area contributed by atoms with Gasteiger partial charge in [-0.05, 0) is 52.4 Å². The Morgan fingerprint density at radius 1 is 1.00 bits per heavy atom. The van der Waals surface area contributed by atoms with Crippen LogP contribution in [0.25, 0.3) is 0 Å². The molecule has 1 unspecified atom stereocenters. The third kappa shape index (κ3) is 3.80. The van der Waals surface area contributed by atoms with E-state index < -0.39 is 11.6 Å². The topological polar surface area (TPSA) is 0 Å². The first-order valence-electron chi connectivity index (χ1n) is 6.34. The second kappa shape index (κ2) is 7.19. The van der Waals surface area contributed by atoms with E-state index in [0.29, 0.717) is 12.3 Å². The van der Waals surface area contributed by atoms with Crippen LogP contribution in [-0.4, -0.2) is 5.88 Å². The Hall–Kier alpha value is -0.930. The van der Waals surface area contributed by atoms with Crippen molar-refractivity contribution in [1.29, 1.82) is 0 Å². The quantitative estimate of drug-likeness (QED) is 0.497. The Morgan fingerprint density at radius 2 is 1.70 bits per heavy atom. The summed E-state index contributed by atoms with van der Waals surface area (Å²) in [6.45, 7) is 0. The van der Waals surface area contributed by atoms with Gasteiger partial charge in [0.05, 0.1) is 4.47 Å². The summed E-state index contributed by atoms with van der Waals surface area (Å²) < 4.78 is 28.0. The van der Waals surface area contributed by atoms with Crippen molar-refractivity contribution < 1.29 is 8.78 Å². The molecule has 0 aromatic heterocycles. The first-order chi connectivity index (χ1) is 9.61. The molecule has 0 fully saturated rings. The Labute approximate surface area is 130 Å². The molecule has 1 atom stereocenters. The smallest absolute Gasteiger partial charge is 0.143 e. The highest BCUT2D eigenvalue weighted by Gasteiger charge is 2.17. The van der Waals surface area contributed by atoms with E-state index in [-0.39, 0.29) is 22.4 Å². The zero-order valence-electron chi connectivity index (χ0n) is 10.8. The Morgan fingerprint density at radius 3 is 2.35 bits per heavy atom. The summed E-state index contributed by atoms with van der Waals surface area (Å²) in [7, 11) is 0. The molecule has 4 heteroatoms. The molecule has 0 spiro atoms. The Kier molecular flexibility index (Phi) is 5.55. The lowest BCUT2D eigenvalue weighted by Gasteiger charge is -2.15. The van der Waals surface area contributed by atoms with E-state index in [1.807, 2.05) is 30.3 Å². The minimum atomic E-state index is -0.534. The number of hydrogen-bond acceptors (Lipinski definition) is 0. The van der Waals surface area contributed by atoms with Crippen LogP contribution < -0.4 is 0 Å². The van der Waals surface area contributed by atoms with Crippen LogP contribution in [0.2, 0.25) is 0 Å². The van der Waals surface area contributed by atoms with E-state index in [2.05, 4.69) is 15.9 Å². The third-order valence-electron chi connectivity index (χ3n) is 3.22. The van der Waals surface area contributed by atoms with Crippen molar-refractivity contribution in [3.8, 4) is 0 Å². The van der Waals surface area contributed by atoms with E-state index in [1.165, 1.54) is 12.1 Å². The van der Waals surface area contributed by atoms with Gasteiger partial charge >= 0.3 is 0 Å². The maximum atomic E-state index is 14.0. The predicted octanol–water partition coefficient (Wildman–Crippen LogP) is 5.37. The fourth-order valence-corrected chi connectivity index (χ4v) is 2.76. The van der Waals surface area contributed by atoms with Crippen molar-refractivity contribution in [2.45, 2.75) is 12.8 Å². The molecule has 0 nitrogen and oxygen atoms in total. The molecular weight excluding hydrogens is 346 g/mol. The van der Waals surface area contributed by atoms with Crippen LogP contribution in [-0.2, 0) is 12.8 Å². The molecule has 0 aliphatic carbocycles. The normalized spacial score (nSPS) is 12.4. The van der Waals surface area contributed by atoms with E-state index in [0.717, 1.165) is 5.56 Å². The second-order valence-corrected chi connectivity index (χ2v) is 5.90. The molecule has 0 bridgehead atoms. The van der Waals surface area contributed by atoms with Crippen LogP contribution in [0, 0.1) is 17.6 Å². The van der Waals surface area contributed by atoms with Crippen LogP contribution in [0.15, 0.2) is 46.9 Å². The molecule has 0 heterocycles. The van der Waals surface area contributed by atoms with E-state index in [9.17, 15) is 8.78 Å². The monoisotopic (exact) mass is 358 g/mol. The zero-order valence-corrected chi connectivity index (χ0v) is 13.1. The molecule has 0 saturated carbocycles. The Balaban J connectivity index is 2.17. The van der Waals surface area contributed by atoms with Gasteiger partial charge < -0.3 is 0 Å². The van der Waals surface area contributed by atoms with E-state index in [4.69, 9.17) is 11.6 Å².